The first kappa shape index (κ1) is 18.0. The van der Waals surface area contributed by atoms with Gasteiger partial charge in [0.2, 0.25) is 11.2 Å². The van der Waals surface area contributed by atoms with Crippen molar-refractivity contribution in [1.29, 1.82) is 0 Å². The molecule has 2 aromatic carbocycles. The van der Waals surface area contributed by atoms with Gasteiger partial charge in [-0.3, -0.25) is 0 Å². The average molecular weight is 381 g/mol. The molecule has 8 heteroatoms. The van der Waals surface area contributed by atoms with E-state index in [1.807, 2.05) is 30.3 Å². The first-order valence-electron chi connectivity index (χ1n) is 7.46. The van der Waals surface area contributed by atoms with E-state index in [1.165, 1.54) is 0 Å². The Balaban J connectivity index is 1.67. The SMILES string of the molecule is FC(F)(F)c1cc(Oc2ccc(OCc3ccccc3)cc2)nc(Cl)n1. The van der Waals surface area contributed by atoms with Crippen LogP contribution in [0.1, 0.15) is 11.3 Å². The highest BCUT2D eigenvalue weighted by Crippen LogP contribution is 2.31. The molecule has 0 amide bonds. The lowest BCUT2D eigenvalue weighted by Gasteiger charge is -2.10. The molecule has 0 unspecified atom stereocenters. The van der Waals surface area contributed by atoms with E-state index in [-0.39, 0.29) is 5.88 Å². The van der Waals surface area contributed by atoms with E-state index in [1.54, 1.807) is 24.3 Å². The summed E-state index contributed by atoms with van der Waals surface area (Å²) in [6, 6.07) is 16.7. The fourth-order valence-electron chi connectivity index (χ4n) is 2.06. The fraction of sp³-hybridized carbons (Fsp3) is 0.111. The number of halogens is 4. The second-order valence-corrected chi connectivity index (χ2v) is 5.54. The monoisotopic (exact) mass is 380 g/mol. The topological polar surface area (TPSA) is 44.2 Å². The van der Waals surface area contributed by atoms with E-state index in [0.29, 0.717) is 24.2 Å². The molecule has 0 radical (unpaired) electrons. The Hall–Kier alpha value is -2.80. The Morgan fingerprint density at radius 3 is 2.19 bits per heavy atom. The zero-order valence-electron chi connectivity index (χ0n) is 13.2. The first-order chi connectivity index (χ1) is 12.4. The summed E-state index contributed by atoms with van der Waals surface area (Å²) in [5.74, 6) is 0.591. The fourth-order valence-corrected chi connectivity index (χ4v) is 2.23. The zero-order chi connectivity index (χ0) is 18.6. The largest absolute Gasteiger partial charge is 0.489 e. The van der Waals surface area contributed by atoms with Crippen LogP contribution in [0.15, 0.2) is 60.7 Å². The van der Waals surface area contributed by atoms with E-state index in [4.69, 9.17) is 21.1 Å². The quantitative estimate of drug-likeness (QED) is 0.547. The van der Waals surface area contributed by atoms with Gasteiger partial charge in [0.25, 0.3) is 0 Å². The van der Waals surface area contributed by atoms with Crippen LogP contribution in [0.4, 0.5) is 13.2 Å². The van der Waals surface area contributed by atoms with Crippen LogP contribution in [0.3, 0.4) is 0 Å². The van der Waals surface area contributed by atoms with Crippen molar-refractivity contribution in [3.05, 3.63) is 77.2 Å². The van der Waals surface area contributed by atoms with Gasteiger partial charge in [-0.05, 0) is 41.4 Å². The lowest BCUT2D eigenvalue weighted by Crippen LogP contribution is -2.09. The van der Waals surface area contributed by atoms with Crippen LogP contribution in [-0.4, -0.2) is 9.97 Å². The van der Waals surface area contributed by atoms with Crippen LogP contribution < -0.4 is 9.47 Å². The highest BCUT2D eigenvalue weighted by Gasteiger charge is 2.34. The zero-order valence-corrected chi connectivity index (χ0v) is 14.0. The second-order valence-electron chi connectivity index (χ2n) is 5.21. The molecule has 4 nitrogen and oxygen atoms in total. The van der Waals surface area contributed by atoms with Gasteiger partial charge in [0.15, 0.2) is 5.69 Å². The molecule has 3 rings (SSSR count). The molecule has 0 atom stereocenters. The summed E-state index contributed by atoms with van der Waals surface area (Å²) in [4.78, 5) is 6.79. The van der Waals surface area contributed by atoms with Crippen molar-refractivity contribution >= 4 is 11.6 Å². The van der Waals surface area contributed by atoms with Crippen molar-refractivity contribution in [3.63, 3.8) is 0 Å². The van der Waals surface area contributed by atoms with Crippen molar-refractivity contribution < 1.29 is 22.6 Å². The lowest BCUT2D eigenvalue weighted by atomic mass is 10.2. The van der Waals surface area contributed by atoms with E-state index < -0.39 is 17.2 Å². The summed E-state index contributed by atoms with van der Waals surface area (Å²) in [6.45, 7) is 0.400. The number of rotatable bonds is 5. The van der Waals surface area contributed by atoms with E-state index in [0.717, 1.165) is 5.56 Å². The molecule has 1 aromatic heterocycles. The van der Waals surface area contributed by atoms with Gasteiger partial charge in [-0.15, -0.1) is 0 Å². The molecule has 0 bridgehead atoms. The molecule has 0 aliphatic carbocycles. The average Bonchev–Trinajstić information content (AvgIpc) is 2.61. The Kier molecular flexibility index (Phi) is 5.27. The Labute approximate surface area is 152 Å². The maximum absolute atomic E-state index is 12.7. The normalized spacial score (nSPS) is 11.2. The third-order valence-electron chi connectivity index (χ3n) is 3.26. The molecular formula is C18H12ClF3N2O2. The van der Waals surface area contributed by atoms with Crippen LogP contribution >= 0.6 is 11.6 Å². The summed E-state index contributed by atoms with van der Waals surface area (Å²) in [5, 5.41) is -0.544. The number of hydrogen-bond donors (Lipinski definition) is 0. The smallest absolute Gasteiger partial charge is 0.433 e. The minimum atomic E-state index is -4.64. The number of nitrogens with zero attached hydrogens (tertiary/aromatic N) is 2. The van der Waals surface area contributed by atoms with E-state index in [9.17, 15) is 13.2 Å². The summed E-state index contributed by atoms with van der Waals surface area (Å²) >= 11 is 5.52. The van der Waals surface area contributed by atoms with Crippen LogP contribution in [0.5, 0.6) is 17.4 Å². The molecular weight excluding hydrogens is 369 g/mol. The van der Waals surface area contributed by atoms with Crippen molar-refractivity contribution in [2.45, 2.75) is 12.8 Å². The number of benzene rings is 2. The van der Waals surface area contributed by atoms with Crippen LogP contribution in [0.2, 0.25) is 5.28 Å². The minimum Gasteiger partial charge on any atom is -0.489 e. The molecule has 0 saturated carbocycles. The molecule has 3 aromatic rings. The molecule has 26 heavy (non-hydrogen) atoms. The van der Waals surface area contributed by atoms with Crippen molar-refractivity contribution in [3.8, 4) is 17.4 Å². The highest BCUT2D eigenvalue weighted by atomic mass is 35.5. The summed E-state index contributed by atoms with van der Waals surface area (Å²) in [7, 11) is 0. The van der Waals surface area contributed by atoms with Gasteiger partial charge < -0.3 is 9.47 Å². The van der Waals surface area contributed by atoms with Gasteiger partial charge in [-0.1, -0.05) is 30.3 Å². The number of alkyl halides is 3. The molecule has 0 fully saturated rings. The molecule has 0 saturated heterocycles. The van der Waals surface area contributed by atoms with Gasteiger partial charge >= 0.3 is 6.18 Å². The van der Waals surface area contributed by atoms with Crippen molar-refractivity contribution in [2.24, 2.45) is 0 Å². The van der Waals surface area contributed by atoms with Crippen molar-refractivity contribution in [2.75, 3.05) is 0 Å². The highest BCUT2D eigenvalue weighted by molar-refractivity contribution is 6.28. The molecule has 1 heterocycles. The van der Waals surface area contributed by atoms with Gasteiger partial charge in [-0.2, -0.15) is 18.2 Å². The van der Waals surface area contributed by atoms with Crippen LogP contribution in [0.25, 0.3) is 0 Å². The number of aromatic nitrogens is 2. The standard InChI is InChI=1S/C18H12ClF3N2O2/c19-17-23-15(18(20,21)22)10-16(24-17)26-14-8-6-13(7-9-14)25-11-12-4-2-1-3-5-12/h1-10H,11H2. The third-order valence-corrected chi connectivity index (χ3v) is 3.43. The summed E-state index contributed by atoms with van der Waals surface area (Å²) in [5.41, 5.74) is -0.154. The maximum atomic E-state index is 12.7. The summed E-state index contributed by atoms with van der Waals surface area (Å²) < 4.78 is 49.2. The van der Waals surface area contributed by atoms with E-state index in [2.05, 4.69) is 9.97 Å². The lowest BCUT2D eigenvalue weighted by molar-refractivity contribution is -0.141. The van der Waals surface area contributed by atoms with Gasteiger partial charge in [-0.25, -0.2) is 4.98 Å². The Bertz CT molecular complexity index is 872. The summed E-state index contributed by atoms with van der Waals surface area (Å²) in [6.07, 6.45) is -4.64. The molecule has 0 aliphatic rings. The van der Waals surface area contributed by atoms with Crippen LogP contribution in [0, 0.1) is 0 Å². The van der Waals surface area contributed by atoms with E-state index >= 15 is 0 Å². The predicted octanol–water partition coefficient (Wildman–Crippen LogP) is 5.52. The molecule has 0 N–H and O–H groups in total. The van der Waals surface area contributed by atoms with Crippen molar-refractivity contribution in [1.82, 2.24) is 9.97 Å². The molecule has 0 aliphatic heterocycles. The number of ether oxygens (including phenoxy) is 2. The molecule has 0 spiro atoms. The maximum Gasteiger partial charge on any atom is 0.433 e. The third kappa shape index (κ3) is 4.86. The van der Waals surface area contributed by atoms with Gasteiger partial charge in [0.05, 0.1) is 0 Å². The van der Waals surface area contributed by atoms with Gasteiger partial charge in [0, 0.05) is 6.07 Å². The second kappa shape index (κ2) is 7.61. The number of hydrogen-bond acceptors (Lipinski definition) is 4. The van der Waals surface area contributed by atoms with Gasteiger partial charge in [0.1, 0.15) is 18.1 Å². The predicted molar refractivity (Wildman–Crippen MR) is 89.3 cm³/mol. The molecule has 134 valence electrons. The Morgan fingerprint density at radius 1 is 0.885 bits per heavy atom. The minimum absolute atomic E-state index is 0.292. The first-order valence-corrected chi connectivity index (χ1v) is 7.84. The Morgan fingerprint density at radius 2 is 1.54 bits per heavy atom. The van der Waals surface area contributed by atoms with Crippen LogP contribution in [-0.2, 0) is 12.8 Å².